The zero-order valence-corrected chi connectivity index (χ0v) is 19.7. The lowest BCUT2D eigenvalue weighted by molar-refractivity contribution is -0.141. The molecule has 1 aromatic rings. The standard InChI is InChI=1S/C27H36N2O5/c30-14-13-28-27(33)20-16-21(25(32)26-24(20)19-11-5-6-12-22(19)34-26)29(18-9-3-4-10-18)23(31)15-17-7-1-2-8-17/h5-6,11-12,16-18,21,24-26,30,32H,1-4,7-10,13-15H2,(H,28,33). The maximum atomic E-state index is 13.7. The molecular formula is C27H36N2O5. The first kappa shape index (κ1) is 23.4. The van der Waals surface area contributed by atoms with Gasteiger partial charge in [0.1, 0.15) is 18.0 Å². The highest BCUT2D eigenvalue weighted by Crippen LogP contribution is 2.47. The van der Waals surface area contributed by atoms with E-state index in [1.165, 1.54) is 12.8 Å². The molecule has 2 fully saturated rings. The maximum absolute atomic E-state index is 13.7. The van der Waals surface area contributed by atoms with Gasteiger partial charge in [0.15, 0.2) is 0 Å². The normalized spacial score (nSPS) is 28.7. The van der Waals surface area contributed by atoms with E-state index in [9.17, 15) is 19.8 Å². The first-order valence-corrected chi connectivity index (χ1v) is 12.9. The van der Waals surface area contributed by atoms with Gasteiger partial charge in [0.25, 0.3) is 0 Å². The van der Waals surface area contributed by atoms with Gasteiger partial charge in [0.2, 0.25) is 11.8 Å². The van der Waals surface area contributed by atoms with Crippen LogP contribution in [-0.4, -0.2) is 64.4 Å². The van der Waals surface area contributed by atoms with Gasteiger partial charge in [-0.3, -0.25) is 9.59 Å². The minimum absolute atomic E-state index is 0.0758. The molecule has 4 unspecified atom stereocenters. The number of aliphatic hydroxyl groups is 2. The van der Waals surface area contributed by atoms with Crippen LogP contribution >= 0.6 is 0 Å². The minimum Gasteiger partial charge on any atom is -0.486 e. The number of nitrogens with one attached hydrogen (secondary N) is 1. The number of nitrogens with zero attached hydrogens (tertiary/aromatic N) is 1. The minimum atomic E-state index is -0.931. The Bertz CT molecular complexity index is 935. The second-order valence-corrected chi connectivity index (χ2v) is 10.3. The first-order valence-electron chi connectivity index (χ1n) is 12.9. The summed E-state index contributed by atoms with van der Waals surface area (Å²) in [7, 11) is 0. The van der Waals surface area contributed by atoms with Crippen LogP contribution in [0.3, 0.4) is 0 Å². The van der Waals surface area contributed by atoms with Gasteiger partial charge in [0.05, 0.1) is 18.6 Å². The van der Waals surface area contributed by atoms with E-state index in [0.717, 1.165) is 44.1 Å². The lowest BCUT2D eigenvalue weighted by Gasteiger charge is -2.43. The van der Waals surface area contributed by atoms with Crippen molar-refractivity contribution in [3.63, 3.8) is 0 Å². The Morgan fingerprint density at radius 2 is 1.76 bits per heavy atom. The maximum Gasteiger partial charge on any atom is 0.247 e. The number of benzene rings is 1. The Morgan fingerprint density at radius 3 is 2.50 bits per heavy atom. The van der Waals surface area contributed by atoms with Crippen molar-refractivity contribution in [2.24, 2.45) is 5.92 Å². The molecule has 0 radical (unpaired) electrons. The van der Waals surface area contributed by atoms with Gasteiger partial charge in [-0.25, -0.2) is 0 Å². The van der Waals surface area contributed by atoms with Crippen LogP contribution in [0.5, 0.6) is 5.75 Å². The number of rotatable bonds is 7. The molecule has 0 bridgehead atoms. The highest BCUT2D eigenvalue weighted by Gasteiger charge is 2.51. The van der Waals surface area contributed by atoms with Gasteiger partial charge in [-0.1, -0.05) is 43.9 Å². The summed E-state index contributed by atoms with van der Waals surface area (Å²) in [4.78, 5) is 28.8. The number of carbonyl (C=O) groups is 2. The SMILES string of the molecule is O=C(NCCO)C1=CC(N(C(=O)CC2CCCC2)C2CCCC2)C(O)C2Oc3ccccc3C12. The molecule has 1 aromatic carbocycles. The van der Waals surface area contributed by atoms with E-state index in [2.05, 4.69) is 5.32 Å². The van der Waals surface area contributed by atoms with Crippen LogP contribution in [0.1, 0.15) is 69.3 Å². The summed E-state index contributed by atoms with van der Waals surface area (Å²) in [5, 5.41) is 23.6. The number of amides is 2. The van der Waals surface area contributed by atoms with E-state index in [1.54, 1.807) is 0 Å². The zero-order valence-electron chi connectivity index (χ0n) is 19.7. The summed E-state index contributed by atoms with van der Waals surface area (Å²) in [6, 6.07) is 7.04. The Labute approximate surface area is 201 Å². The molecule has 5 rings (SSSR count). The Hall–Kier alpha value is -2.38. The fourth-order valence-electron chi connectivity index (χ4n) is 6.52. The van der Waals surface area contributed by atoms with Crippen LogP contribution in [0.2, 0.25) is 0 Å². The first-order chi connectivity index (χ1) is 16.6. The molecule has 4 aliphatic rings. The molecule has 184 valence electrons. The van der Waals surface area contributed by atoms with Crippen LogP contribution in [0.25, 0.3) is 0 Å². The number of para-hydroxylation sites is 1. The summed E-state index contributed by atoms with van der Waals surface area (Å²) >= 11 is 0. The average Bonchev–Trinajstić information content (AvgIpc) is 3.61. The Balaban J connectivity index is 1.51. The van der Waals surface area contributed by atoms with Crippen LogP contribution in [0, 0.1) is 5.92 Å². The molecule has 0 aromatic heterocycles. The van der Waals surface area contributed by atoms with Gasteiger partial charge >= 0.3 is 0 Å². The lowest BCUT2D eigenvalue weighted by atomic mass is 9.77. The molecule has 34 heavy (non-hydrogen) atoms. The molecule has 0 saturated heterocycles. The molecule has 2 saturated carbocycles. The van der Waals surface area contributed by atoms with E-state index in [4.69, 9.17) is 4.74 Å². The third kappa shape index (κ3) is 4.36. The topological polar surface area (TPSA) is 99.1 Å². The Morgan fingerprint density at radius 1 is 1.06 bits per heavy atom. The van der Waals surface area contributed by atoms with Crippen molar-refractivity contribution in [3.8, 4) is 5.75 Å². The average molecular weight is 469 g/mol. The van der Waals surface area contributed by atoms with Crippen molar-refractivity contribution >= 4 is 11.8 Å². The number of hydrogen-bond acceptors (Lipinski definition) is 5. The zero-order chi connectivity index (χ0) is 23.7. The number of carbonyl (C=O) groups excluding carboxylic acids is 2. The van der Waals surface area contributed by atoms with Crippen LogP contribution in [-0.2, 0) is 9.59 Å². The molecular weight excluding hydrogens is 432 g/mol. The van der Waals surface area contributed by atoms with Crippen molar-refractivity contribution in [3.05, 3.63) is 41.5 Å². The van der Waals surface area contributed by atoms with E-state index >= 15 is 0 Å². The predicted molar refractivity (Wildman–Crippen MR) is 127 cm³/mol. The van der Waals surface area contributed by atoms with Crippen LogP contribution in [0.4, 0.5) is 0 Å². The van der Waals surface area contributed by atoms with Crippen molar-refractivity contribution in [2.45, 2.75) is 88.0 Å². The van der Waals surface area contributed by atoms with E-state index in [0.29, 0.717) is 23.7 Å². The summed E-state index contributed by atoms with van der Waals surface area (Å²) in [5.41, 5.74) is 1.38. The van der Waals surface area contributed by atoms with Gasteiger partial charge in [0, 0.05) is 30.1 Å². The highest BCUT2D eigenvalue weighted by molar-refractivity contribution is 5.96. The van der Waals surface area contributed by atoms with Crippen molar-refractivity contribution in [1.29, 1.82) is 0 Å². The quantitative estimate of drug-likeness (QED) is 0.572. The third-order valence-corrected chi connectivity index (χ3v) is 8.14. The largest absolute Gasteiger partial charge is 0.486 e. The summed E-state index contributed by atoms with van der Waals surface area (Å²) in [5.74, 6) is 0.478. The number of ether oxygens (including phenoxy) is 1. The van der Waals surface area contributed by atoms with E-state index in [-0.39, 0.29) is 31.0 Å². The van der Waals surface area contributed by atoms with E-state index < -0.39 is 24.2 Å². The van der Waals surface area contributed by atoms with E-state index in [1.807, 2.05) is 35.2 Å². The number of hydrogen-bond donors (Lipinski definition) is 3. The van der Waals surface area contributed by atoms with Gasteiger partial charge in [-0.2, -0.15) is 0 Å². The van der Waals surface area contributed by atoms with Gasteiger partial charge in [-0.15, -0.1) is 0 Å². The smallest absolute Gasteiger partial charge is 0.247 e. The molecule has 1 aliphatic heterocycles. The summed E-state index contributed by atoms with van der Waals surface area (Å²) in [6.45, 7) is -0.00341. The third-order valence-electron chi connectivity index (χ3n) is 8.14. The molecule has 7 nitrogen and oxygen atoms in total. The summed E-state index contributed by atoms with van der Waals surface area (Å²) < 4.78 is 6.21. The molecule has 3 N–H and O–H groups in total. The van der Waals surface area contributed by atoms with Crippen molar-refractivity contribution < 1.29 is 24.5 Å². The monoisotopic (exact) mass is 468 g/mol. The lowest BCUT2D eigenvalue weighted by Crippen LogP contribution is -2.58. The van der Waals surface area contributed by atoms with Crippen LogP contribution in [0.15, 0.2) is 35.9 Å². The second kappa shape index (κ2) is 10.1. The fraction of sp³-hybridized carbons (Fsp3) is 0.630. The molecule has 2 amide bonds. The molecule has 1 heterocycles. The predicted octanol–water partition coefficient (Wildman–Crippen LogP) is 2.66. The fourth-order valence-corrected chi connectivity index (χ4v) is 6.52. The molecule has 0 spiro atoms. The molecule has 7 heteroatoms. The highest BCUT2D eigenvalue weighted by atomic mass is 16.5. The summed E-state index contributed by atoms with van der Waals surface area (Å²) in [6.07, 6.45) is 9.29. The van der Waals surface area contributed by atoms with Crippen LogP contribution < -0.4 is 10.1 Å². The second-order valence-electron chi connectivity index (χ2n) is 10.3. The Kier molecular flexibility index (Phi) is 6.93. The van der Waals surface area contributed by atoms with Gasteiger partial charge in [-0.05, 0) is 43.7 Å². The molecule has 4 atom stereocenters. The van der Waals surface area contributed by atoms with Gasteiger partial charge < -0.3 is 25.2 Å². The van der Waals surface area contributed by atoms with Crippen molar-refractivity contribution in [2.75, 3.05) is 13.2 Å². The number of fused-ring (bicyclic) bond motifs is 3. The van der Waals surface area contributed by atoms with Crippen molar-refractivity contribution in [1.82, 2.24) is 10.2 Å². The number of aliphatic hydroxyl groups excluding tert-OH is 2. The molecule has 3 aliphatic carbocycles.